The summed E-state index contributed by atoms with van der Waals surface area (Å²) in [6, 6.07) is 7.35. The molecule has 4 nitrogen and oxygen atoms in total. The number of carbonyl (C=O) groups is 1. The zero-order valence-corrected chi connectivity index (χ0v) is 20.0. The Kier molecular flexibility index (Phi) is 10.0. The van der Waals surface area contributed by atoms with Crippen molar-refractivity contribution in [3.05, 3.63) is 77.6 Å². The van der Waals surface area contributed by atoms with E-state index in [-0.39, 0.29) is 12.6 Å². The topological polar surface area (TPSA) is 55.8 Å². The number of carbonyl (C=O) groups excluding carboxylic acids is 1. The average molecular weight is 451 g/mol. The number of allylic oxidation sites excluding steroid dienone is 5. The molecule has 1 aromatic carbocycles. The van der Waals surface area contributed by atoms with Crippen molar-refractivity contribution in [1.82, 2.24) is 0 Å². The molecule has 0 amide bonds. The lowest BCUT2D eigenvalue weighted by atomic mass is 9.86. The van der Waals surface area contributed by atoms with E-state index in [4.69, 9.17) is 9.47 Å². The second-order valence-corrected chi connectivity index (χ2v) is 8.96. The van der Waals surface area contributed by atoms with Crippen LogP contribution < -0.4 is 0 Å². The molecule has 0 radical (unpaired) electrons. The molecule has 2 aliphatic carbocycles. The van der Waals surface area contributed by atoms with Gasteiger partial charge in [0.25, 0.3) is 0 Å². The lowest BCUT2D eigenvalue weighted by Gasteiger charge is -2.20. The van der Waals surface area contributed by atoms with Crippen molar-refractivity contribution in [3.8, 4) is 0 Å². The van der Waals surface area contributed by atoms with E-state index < -0.39 is 0 Å². The largest absolute Gasteiger partial charge is 0.494 e. The molecular weight excluding hydrogens is 412 g/mol. The number of hydrogen-bond acceptors (Lipinski definition) is 4. The molecule has 0 heterocycles. The third kappa shape index (κ3) is 7.46. The van der Waals surface area contributed by atoms with E-state index in [0.29, 0.717) is 36.5 Å². The number of aliphatic hydroxyl groups excluding tert-OH is 1. The summed E-state index contributed by atoms with van der Waals surface area (Å²) in [6.07, 6.45) is 19.6. The van der Waals surface area contributed by atoms with Crippen LogP contribution >= 0.6 is 0 Å². The first kappa shape index (κ1) is 25.0. The number of rotatable bonds is 11. The Bertz CT molecular complexity index is 893. The maximum absolute atomic E-state index is 12.1. The predicted molar refractivity (Wildman–Crippen MR) is 134 cm³/mol. The fraction of sp³-hybridized carbons (Fsp3) is 0.483. The number of aliphatic hydroxyl groups is 1. The summed E-state index contributed by atoms with van der Waals surface area (Å²) in [5.41, 5.74) is 2.26. The standard InChI is InChI=1S/C29H38O4/c1-3-32-29(31)25-12-9-11-24(20-25)26(21-30)17-18-28-22(2)15-16-23(28)10-7-8-19-33-27-13-5-4-6-14-27/h5,7,9-14,17,20,22-23,28,30H,3-4,6,8,15-16,18-19,21H2,1-2H3/b10-7+,26-17+/t22?,23-,28-/m0/s1. The van der Waals surface area contributed by atoms with Gasteiger partial charge >= 0.3 is 5.97 Å². The first-order chi connectivity index (χ1) is 16.1. The molecule has 4 heteroatoms. The summed E-state index contributed by atoms with van der Waals surface area (Å²) in [4.78, 5) is 12.1. The van der Waals surface area contributed by atoms with Crippen molar-refractivity contribution in [2.45, 2.75) is 52.4 Å². The van der Waals surface area contributed by atoms with Crippen LogP contribution in [0.25, 0.3) is 5.57 Å². The van der Waals surface area contributed by atoms with Gasteiger partial charge in [-0.3, -0.25) is 0 Å². The molecule has 2 aliphatic rings. The highest BCUT2D eigenvalue weighted by atomic mass is 16.5. The molecule has 178 valence electrons. The Hall–Kier alpha value is -2.59. The molecule has 1 N–H and O–H groups in total. The molecule has 1 saturated carbocycles. The van der Waals surface area contributed by atoms with Gasteiger partial charge < -0.3 is 14.6 Å². The van der Waals surface area contributed by atoms with Crippen molar-refractivity contribution in [2.75, 3.05) is 19.8 Å². The summed E-state index contributed by atoms with van der Waals surface area (Å²) in [5.74, 6) is 2.43. The summed E-state index contributed by atoms with van der Waals surface area (Å²) in [5, 5.41) is 10.0. The molecule has 3 rings (SSSR count). The number of ether oxygens (including phenoxy) is 2. The van der Waals surface area contributed by atoms with Crippen LogP contribution in [0.1, 0.15) is 68.3 Å². The van der Waals surface area contributed by atoms with Crippen molar-refractivity contribution in [2.24, 2.45) is 17.8 Å². The van der Waals surface area contributed by atoms with Gasteiger partial charge in [0.1, 0.15) is 5.76 Å². The Balaban J connectivity index is 1.57. The minimum absolute atomic E-state index is 0.0461. The zero-order chi connectivity index (χ0) is 23.5. The van der Waals surface area contributed by atoms with Crippen LogP contribution in [-0.4, -0.2) is 30.9 Å². The first-order valence-corrected chi connectivity index (χ1v) is 12.4. The van der Waals surface area contributed by atoms with E-state index in [2.05, 4.69) is 43.4 Å². The lowest BCUT2D eigenvalue weighted by molar-refractivity contribution is 0.0526. The van der Waals surface area contributed by atoms with Crippen LogP contribution in [-0.2, 0) is 9.47 Å². The molecule has 33 heavy (non-hydrogen) atoms. The fourth-order valence-electron chi connectivity index (χ4n) is 4.78. The van der Waals surface area contributed by atoms with Crippen LogP contribution in [0.3, 0.4) is 0 Å². The fourth-order valence-corrected chi connectivity index (χ4v) is 4.78. The lowest BCUT2D eigenvalue weighted by Crippen LogP contribution is -2.11. The van der Waals surface area contributed by atoms with E-state index in [9.17, 15) is 9.90 Å². The smallest absolute Gasteiger partial charge is 0.338 e. The first-order valence-electron chi connectivity index (χ1n) is 12.4. The average Bonchev–Trinajstić information content (AvgIpc) is 3.19. The van der Waals surface area contributed by atoms with Crippen molar-refractivity contribution < 1.29 is 19.4 Å². The summed E-state index contributed by atoms with van der Waals surface area (Å²) < 4.78 is 10.9. The van der Waals surface area contributed by atoms with Crippen LogP contribution in [0.2, 0.25) is 0 Å². The predicted octanol–water partition coefficient (Wildman–Crippen LogP) is 6.49. The summed E-state index contributed by atoms with van der Waals surface area (Å²) >= 11 is 0. The van der Waals surface area contributed by atoms with Gasteiger partial charge in [-0.25, -0.2) is 4.79 Å². The SMILES string of the molecule is CCOC(=O)c1cccc(/C(=C/C[C@H]2C(C)CC[C@@H]2/C=C/CCOC2=CCCC=C2)CO)c1. The normalized spacial score (nSPS) is 23.1. The Morgan fingerprint density at radius 3 is 2.82 bits per heavy atom. The second kappa shape index (κ2) is 13.2. The Labute approximate surface area is 198 Å². The maximum Gasteiger partial charge on any atom is 0.338 e. The minimum atomic E-state index is -0.328. The number of hydrogen-bond donors (Lipinski definition) is 1. The molecule has 1 fully saturated rings. The highest BCUT2D eigenvalue weighted by Gasteiger charge is 2.30. The van der Waals surface area contributed by atoms with E-state index in [1.165, 1.54) is 12.8 Å². The van der Waals surface area contributed by atoms with Gasteiger partial charge in [-0.1, -0.05) is 43.4 Å². The molecular formula is C29H38O4. The monoisotopic (exact) mass is 450 g/mol. The Morgan fingerprint density at radius 1 is 1.21 bits per heavy atom. The maximum atomic E-state index is 12.1. The van der Waals surface area contributed by atoms with Gasteiger partial charge in [0.2, 0.25) is 0 Å². The van der Waals surface area contributed by atoms with E-state index in [1.54, 1.807) is 13.0 Å². The van der Waals surface area contributed by atoms with E-state index >= 15 is 0 Å². The van der Waals surface area contributed by atoms with Crippen LogP contribution in [0.15, 0.2) is 66.5 Å². The molecule has 0 aromatic heterocycles. The molecule has 1 unspecified atom stereocenters. The summed E-state index contributed by atoms with van der Waals surface area (Å²) in [7, 11) is 0. The molecule has 0 spiro atoms. The molecule has 1 aromatic rings. The molecule has 3 atom stereocenters. The van der Waals surface area contributed by atoms with Gasteiger partial charge in [-0.2, -0.15) is 0 Å². The second-order valence-electron chi connectivity index (χ2n) is 8.96. The molecule has 0 saturated heterocycles. The highest BCUT2D eigenvalue weighted by Crippen LogP contribution is 2.40. The third-order valence-electron chi connectivity index (χ3n) is 6.68. The van der Waals surface area contributed by atoms with Gasteiger partial charge in [0.15, 0.2) is 0 Å². The van der Waals surface area contributed by atoms with Crippen molar-refractivity contribution in [3.63, 3.8) is 0 Å². The van der Waals surface area contributed by atoms with E-state index in [1.807, 2.05) is 18.2 Å². The minimum Gasteiger partial charge on any atom is -0.494 e. The highest BCUT2D eigenvalue weighted by molar-refractivity contribution is 5.90. The Morgan fingerprint density at radius 2 is 2.06 bits per heavy atom. The van der Waals surface area contributed by atoms with Gasteiger partial charge in [0.05, 0.1) is 25.4 Å². The molecule has 0 bridgehead atoms. The van der Waals surface area contributed by atoms with Gasteiger partial charge in [0, 0.05) is 0 Å². The molecule has 0 aliphatic heterocycles. The summed E-state index contributed by atoms with van der Waals surface area (Å²) in [6.45, 7) is 5.15. The van der Waals surface area contributed by atoms with Crippen LogP contribution in [0.5, 0.6) is 0 Å². The van der Waals surface area contributed by atoms with Crippen LogP contribution in [0.4, 0.5) is 0 Å². The van der Waals surface area contributed by atoms with Gasteiger partial charge in [-0.15, -0.1) is 0 Å². The van der Waals surface area contributed by atoms with E-state index in [0.717, 1.165) is 42.6 Å². The van der Waals surface area contributed by atoms with Crippen molar-refractivity contribution in [1.29, 1.82) is 0 Å². The number of esters is 1. The number of benzene rings is 1. The van der Waals surface area contributed by atoms with Crippen LogP contribution in [0, 0.1) is 17.8 Å². The zero-order valence-electron chi connectivity index (χ0n) is 20.0. The van der Waals surface area contributed by atoms with Crippen molar-refractivity contribution >= 4 is 11.5 Å². The van der Waals surface area contributed by atoms with Gasteiger partial charge in [-0.05, 0) is 98.6 Å². The quantitative estimate of drug-likeness (QED) is 0.238. The third-order valence-corrected chi connectivity index (χ3v) is 6.68.